The Hall–Kier alpha value is -2.96. The highest BCUT2D eigenvalue weighted by atomic mass is 35.5. The van der Waals surface area contributed by atoms with Crippen molar-refractivity contribution in [1.29, 1.82) is 0 Å². The molecule has 1 unspecified atom stereocenters. The molecule has 0 radical (unpaired) electrons. The van der Waals surface area contributed by atoms with Crippen LogP contribution in [0.2, 0.25) is 10.0 Å². The monoisotopic (exact) mass is 646 g/mol. The van der Waals surface area contributed by atoms with Crippen LogP contribution in [0.4, 0.5) is 23.2 Å². The summed E-state index contributed by atoms with van der Waals surface area (Å²) in [6, 6.07) is 8.32. The fourth-order valence-electron chi connectivity index (χ4n) is 4.73. The highest BCUT2D eigenvalue weighted by Crippen LogP contribution is 2.42. The van der Waals surface area contributed by atoms with Crippen molar-refractivity contribution < 1.29 is 31.9 Å². The summed E-state index contributed by atoms with van der Waals surface area (Å²) in [6.45, 7) is 3.49. The van der Waals surface area contributed by atoms with E-state index in [4.69, 9.17) is 23.2 Å². The third-order valence-electron chi connectivity index (χ3n) is 6.93. The summed E-state index contributed by atoms with van der Waals surface area (Å²) in [7, 11) is 0. The topological polar surface area (TPSA) is 84.4 Å². The summed E-state index contributed by atoms with van der Waals surface area (Å²) in [4.78, 5) is 29.3. The zero-order valence-corrected chi connectivity index (χ0v) is 25.0. The van der Waals surface area contributed by atoms with E-state index >= 15 is 0 Å². The lowest BCUT2D eigenvalue weighted by molar-refractivity contribution is -0.253. The lowest BCUT2D eigenvalue weighted by Crippen LogP contribution is -2.53. The van der Waals surface area contributed by atoms with Gasteiger partial charge in [0.25, 0.3) is 5.91 Å². The number of nitrogens with zero attached hydrogens (tertiary/aromatic N) is 3. The molecule has 1 N–H and O–H groups in total. The number of ether oxygens (including phenoxy) is 1. The van der Waals surface area contributed by atoms with Crippen LogP contribution in [0.1, 0.15) is 58.6 Å². The van der Waals surface area contributed by atoms with Gasteiger partial charge in [-0.2, -0.15) is 17.6 Å². The lowest BCUT2D eigenvalue weighted by Gasteiger charge is -2.33. The predicted octanol–water partition coefficient (Wildman–Crippen LogP) is 7.41. The van der Waals surface area contributed by atoms with E-state index in [0.717, 1.165) is 71.8 Å². The number of anilines is 1. The van der Waals surface area contributed by atoms with Gasteiger partial charge in [0.1, 0.15) is 10.9 Å². The largest absolute Gasteiger partial charge is 0.461 e. The molecular formula is C28H28Cl2F4N4O3S. The maximum atomic E-state index is 14.1. The third-order valence-corrected chi connectivity index (χ3v) is 8.31. The van der Waals surface area contributed by atoms with E-state index in [1.807, 2.05) is 31.2 Å². The molecule has 2 amide bonds. The molecule has 1 aromatic heterocycles. The fraction of sp³-hybridized carbons (Fsp3) is 0.429. The molecular weight excluding hydrogens is 619 g/mol. The Kier molecular flexibility index (Phi) is 10.3. The molecule has 1 heterocycles. The zero-order chi connectivity index (χ0) is 30.6. The van der Waals surface area contributed by atoms with Gasteiger partial charge in [0.2, 0.25) is 5.91 Å². The molecule has 42 heavy (non-hydrogen) atoms. The first-order valence-electron chi connectivity index (χ1n) is 13.2. The van der Waals surface area contributed by atoms with Crippen LogP contribution < -0.4 is 15.0 Å². The minimum atomic E-state index is -4.87. The molecule has 1 atom stereocenters. The Labute approximate surface area is 254 Å². The highest BCUT2D eigenvalue weighted by molar-refractivity contribution is 7.08. The number of aromatic nitrogens is 2. The van der Waals surface area contributed by atoms with Gasteiger partial charge in [0, 0.05) is 18.2 Å². The summed E-state index contributed by atoms with van der Waals surface area (Å²) in [5.41, 5.74) is 2.02. The highest BCUT2D eigenvalue weighted by Gasteiger charge is 2.45. The van der Waals surface area contributed by atoms with Gasteiger partial charge in [-0.05, 0) is 55.9 Å². The van der Waals surface area contributed by atoms with E-state index in [0.29, 0.717) is 5.69 Å². The number of carbonyl (C=O) groups excluding carboxylic acids is 2. The van der Waals surface area contributed by atoms with Gasteiger partial charge < -0.3 is 10.1 Å². The van der Waals surface area contributed by atoms with Crippen molar-refractivity contribution in [2.24, 2.45) is 0 Å². The molecule has 0 aliphatic heterocycles. The zero-order valence-electron chi connectivity index (χ0n) is 22.7. The molecule has 1 aliphatic rings. The van der Waals surface area contributed by atoms with Gasteiger partial charge >= 0.3 is 12.5 Å². The molecule has 14 heteroatoms. The number of amides is 2. The Balaban J connectivity index is 1.82. The van der Waals surface area contributed by atoms with E-state index < -0.39 is 46.2 Å². The van der Waals surface area contributed by atoms with E-state index in [-0.39, 0.29) is 23.0 Å². The molecule has 1 fully saturated rings. The van der Waals surface area contributed by atoms with Crippen LogP contribution in [-0.2, 0) is 11.2 Å². The van der Waals surface area contributed by atoms with Crippen LogP contribution in [0.25, 0.3) is 0 Å². The quantitative estimate of drug-likeness (QED) is 0.232. The van der Waals surface area contributed by atoms with Crippen molar-refractivity contribution in [3.63, 3.8) is 0 Å². The summed E-state index contributed by atoms with van der Waals surface area (Å²) >= 11 is 13.3. The van der Waals surface area contributed by atoms with E-state index in [9.17, 15) is 27.2 Å². The van der Waals surface area contributed by atoms with Gasteiger partial charge in [0.15, 0.2) is 5.75 Å². The van der Waals surface area contributed by atoms with E-state index in [1.165, 1.54) is 0 Å². The summed E-state index contributed by atoms with van der Waals surface area (Å²) in [5.74, 6) is -1.99. The molecule has 0 bridgehead atoms. The molecule has 226 valence electrons. The second kappa shape index (κ2) is 13.6. The van der Waals surface area contributed by atoms with E-state index in [1.54, 1.807) is 6.92 Å². The van der Waals surface area contributed by atoms with Crippen molar-refractivity contribution in [2.75, 3.05) is 4.90 Å². The number of aryl methyl sites for hydroxylation is 2. The SMILES string of the molecule is Cc1ccc(CC(C(=O)NC2CCCCC2)N(C(=O)c2snnc2C)c2cc(Cl)c(OC(F)(F)C(F)F)c(Cl)c2)cc1. The molecule has 7 nitrogen and oxygen atoms in total. The van der Waals surface area contributed by atoms with Gasteiger partial charge in [-0.3, -0.25) is 14.5 Å². The number of rotatable bonds is 10. The summed E-state index contributed by atoms with van der Waals surface area (Å²) < 4.78 is 61.1. The Morgan fingerprint density at radius 2 is 1.71 bits per heavy atom. The van der Waals surface area contributed by atoms with Crippen LogP contribution >= 0.6 is 34.7 Å². The number of hydrogen-bond donors (Lipinski definition) is 1. The first-order valence-corrected chi connectivity index (χ1v) is 14.7. The maximum Gasteiger partial charge on any atom is 0.461 e. The second-order valence-electron chi connectivity index (χ2n) is 10.1. The summed E-state index contributed by atoms with van der Waals surface area (Å²) in [6.07, 6.45) is -4.39. The number of benzene rings is 2. The number of nitrogens with one attached hydrogen (secondary N) is 1. The van der Waals surface area contributed by atoms with Gasteiger partial charge in [-0.1, -0.05) is 76.8 Å². The van der Waals surface area contributed by atoms with Crippen molar-refractivity contribution in [3.8, 4) is 5.75 Å². The molecule has 1 saturated carbocycles. The Morgan fingerprint density at radius 1 is 1.10 bits per heavy atom. The number of alkyl halides is 4. The number of halogens is 6. The molecule has 2 aromatic carbocycles. The average Bonchev–Trinajstić information content (AvgIpc) is 3.37. The smallest absolute Gasteiger partial charge is 0.425 e. The third kappa shape index (κ3) is 7.51. The van der Waals surface area contributed by atoms with Crippen molar-refractivity contribution >= 4 is 52.2 Å². The molecule has 1 aliphatic carbocycles. The first-order chi connectivity index (χ1) is 19.9. The maximum absolute atomic E-state index is 14.1. The van der Waals surface area contributed by atoms with Crippen LogP contribution in [-0.4, -0.2) is 46.0 Å². The molecule has 0 saturated heterocycles. The first kappa shape index (κ1) is 32.0. The molecule has 0 spiro atoms. The number of carbonyl (C=O) groups is 2. The predicted molar refractivity (Wildman–Crippen MR) is 153 cm³/mol. The second-order valence-corrected chi connectivity index (χ2v) is 11.7. The van der Waals surface area contributed by atoms with Crippen molar-refractivity contribution in [3.05, 3.63) is 68.1 Å². The van der Waals surface area contributed by atoms with Crippen LogP contribution in [0.3, 0.4) is 0 Å². The summed E-state index contributed by atoms with van der Waals surface area (Å²) in [5, 5.41) is 5.85. The van der Waals surface area contributed by atoms with Crippen molar-refractivity contribution in [2.45, 2.75) is 77.0 Å². The van der Waals surface area contributed by atoms with Gasteiger partial charge in [0.05, 0.1) is 15.7 Å². The van der Waals surface area contributed by atoms with Crippen molar-refractivity contribution in [1.82, 2.24) is 14.9 Å². The normalized spacial score (nSPS) is 15.0. The standard InChI is InChI=1S/C28H28Cl2F4N4O3S/c1-15-8-10-17(11-9-15)12-22(25(39)35-18-6-4-3-5-7-18)38(26(40)24-16(2)36-37-42-24)19-13-20(29)23(21(30)14-19)41-28(33,34)27(31)32/h8-11,13-14,18,22,27H,3-7,12H2,1-2H3,(H,35,39). The molecule has 3 aromatic rings. The minimum absolute atomic E-state index is 0.0357. The average molecular weight is 648 g/mol. The fourth-order valence-corrected chi connectivity index (χ4v) is 5.88. The van der Waals surface area contributed by atoms with Gasteiger partial charge in [-0.25, -0.2) is 0 Å². The Morgan fingerprint density at radius 3 is 2.26 bits per heavy atom. The number of hydrogen-bond acceptors (Lipinski definition) is 6. The van der Waals surface area contributed by atoms with Gasteiger partial charge in [-0.15, -0.1) is 5.10 Å². The van der Waals surface area contributed by atoms with Crippen LogP contribution in [0.5, 0.6) is 5.75 Å². The minimum Gasteiger partial charge on any atom is -0.425 e. The van der Waals surface area contributed by atoms with Crippen LogP contribution in [0.15, 0.2) is 36.4 Å². The Bertz CT molecular complexity index is 1400. The molecule has 4 rings (SSSR count). The van der Waals surface area contributed by atoms with Crippen LogP contribution in [0, 0.1) is 13.8 Å². The van der Waals surface area contributed by atoms with E-state index in [2.05, 4.69) is 19.6 Å². The lowest BCUT2D eigenvalue weighted by atomic mass is 9.94.